The van der Waals surface area contributed by atoms with E-state index in [9.17, 15) is 0 Å². The largest absolute Gasteiger partial charge is 0.277 e. The fourth-order valence-corrected chi connectivity index (χ4v) is 6.49. The van der Waals surface area contributed by atoms with Gasteiger partial charge < -0.3 is 0 Å². The third-order valence-electron chi connectivity index (χ3n) is 8.80. The van der Waals surface area contributed by atoms with Gasteiger partial charge in [0.1, 0.15) is 0 Å². The van der Waals surface area contributed by atoms with Crippen molar-refractivity contribution >= 4 is 32.6 Å². The quantitative estimate of drug-likeness (QED) is 0.196. The van der Waals surface area contributed by atoms with Crippen molar-refractivity contribution in [1.82, 2.24) is 14.5 Å². The van der Waals surface area contributed by atoms with Crippen LogP contribution in [0, 0.1) is 0 Å². The van der Waals surface area contributed by atoms with E-state index < -0.39 is 6.04 Å². The normalized spacial score (nSPS) is 12.9. The summed E-state index contributed by atoms with van der Waals surface area (Å²) in [6.07, 6.45) is 3.69. The van der Waals surface area contributed by atoms with Crippen LogP contribution >= 0.6 is 0 Å². The van der Waals surface area contributed by atoms with Gasteiger partial charge in [-0.05, 0) is 62.5 Å². The maximum absolute atomic E-state index is 8.58. The van der Waals surface area contributed by atoms with Gasteiger partial charge in [0, 0.05) is 34.1 Å². The summed E-state index contributed by atoms with van der Waals surface area (Å²) in [6, 6.07) is 43.7. The SMILES string of the molecule is [2H]c1c([2H])c([2H])c(-c2ccc3c(c2)c2ccc4ccccc4c2n3-c2ncc(-c3ccc(-c4cccc(-c5ccccc5)c4)cc3)cn2)c([2H])c1[2H]. The minimum Gasteiger partial charge on any atom is -0.277 e. The van der Waals surface area contributed by atoms with E-state index in [2.05, 4.69) is 97.1 Å². The Hall–Kier alpha value is -6.32. The Bertz CT molecular complexity index is 2800. The molecular formula is C44H29N3. The maximum Gasteiger partial charge on any atom is 0.234 e. The van der Waals surface area contributed by atoms with Gasteiger partial charge in [-0.25, -0.2) is 9.97 Å². The van der Waals surface area contributed by atoms with E-state index in [-0.39, 0.29) is 29.7 Å². The van der Waals surface area contributed by atoms with Crippen molar-refractivity contribution in [3.63, 3.8) is 0 Å². The number of fused-ring (bicyclic) bond motifs is 5. The van der Waals surface area contributed by atoms with E-state index in [1.807, 2.05) is 47.3 Å². The van der Waals surface area contributed by atoms with E-state index in [1.54, 1.807) is 6.07 Å². The molecule has 47 heavy (non-hydrogen) atoms. The summed E-state index contributed by atoms with van der Waals surface area (Å²) in [5, 5.41) is 3.91. The summed E-state index contributed by atoms with van der Waals surface area (Å²) in [4.78, 5) is 9.79. The van der Waals surface area contributed by atoms with Gasteiger partial charge in [0.2, 0.25) is 5.95 Å². The fraction of sp³-hybridized carbons (Fsp3) is 0. The van der Waals surface area contributed by atoms with Crippen LogP contribution in [0.3, 0.4) is 0 Å². The molecule has 0 aliphatic heterocycles. The van der Waals surface area contributed by atoms with Crippen molar-refractivity contribution in [1.29, 1.82) is 0 Å². The Labute approximate surface area is 280 Å². The van der Waals surface area contributed by atoms with Crippen LogP contribution in [0.4, 0.5) is 0 Å². The molecule has 2 aromatic heterocycles. The summed E-state index contributed by atoms with van der Waals surface area (Å²) in [6.45, 7) is 0. The third kappa shape index (κ3) is 4.77. The number of aromatic nitrogens is 3. The van der Waals surface area contributed by atoms with Crippen LogP contribution in [0.1, 0.15) is 6.85 Å². The zero-order valence-electron chi connectivity index (χ0n) is 30.2. The molecule has 0 aliphatic carbocycles. The molecule has 0 fully saturated rings. The minimum absolute atomic E-state index is 0.171. The number of hydrogen-bond donors (Lipinski definition) is 0. The second kappa shape index (κ2) is 11.2. The molecule has 9 aromatic rings. The molecule has 3 nitrogen and oxygen atoms in total. The van der Waals surface area contributed by atoms with E-state index in [0.29, 0.717) is 11.5 Å². The van der Waals surface area contributed by atoms with Crippen LogP contribution in [-0.4, -0.2) is 14.5 Å². The molecule has 0 amide bonds. The molecule has 2 heterocycles. The molecule has 0 aliphatic rings. The summed E-state index contributed by atoms with van der Waals surface area (Å²) >= 11 is 0. The Morgan fingerprint density at radius 2 is 1.04 bits per heavy atom. The van der Waals surface area contributed by atoms with E-state index in [1.165, 1.54) is 11.1 Å². The Kier molecular flexibility index (Phi) is 5.32. The second-order valence-corrected chi connectivity index (χ2v) is 11.5. The lowest BCUT2D eigenvalue weighted by atomic mass is 9.98. The van der Waals surface area contributed by atoms with Crippen molar-refractivity contribution in [3.8, 4) is 50.5 Å². The second-order valence-electron chi connectivity index (χ2n) is 11.5. The summed E-state index contributed by atoms with van der Waals surface area (Å²) in [5.41, 5.74) is 9.02. The molecule has 0 bridgehead atoms. The highest BCUT2D eigenvalue weighted by molar-refractivity contribution is 6.19. The molecular weight excluding hydrogens is 571 g/mol. The minimum atomic E-state index is -0.409. The maximum atomic E-state index is 8.58. The van der Waals surface area contributed by atoms with Gasteiger partial charge in [0.25, 0.3) is 0 Å². The van der Waals surface area contributed by atoms with Gasteiger partial charge in [0.05, 0.1) is 17.9 Å². The van der Waals surface area contributed by atoms with E-state index in [4.69, 9.17) is 16.8 Å². The highest BCUT2D eigenvalue weighted by Crippen LogP contribution is 2.38. The topological polar surface area (TPSA) is 30.7 Å². The van der Waals surface area contributed by atoms with Crippen molar-refractivity contribution in [2.75, 3.05) is 0 Å². The van der Waals surface area contributed by atoms with Crippen LogP contribution < -0.4 is 0 Å². The molecule has 0 saturated heterocycles. The zero-order valence-corrected chi connectivity index (χ0v) is 25.2. The smallest absolute Gasteiger partial charge is 0.234 e. The van der Waals surface area contributed by atoms with Crippen LogP contribution in [0.2, 0.25) is 0 Å². The van der Waals surface area contributed by atoms with Crippen molar-refractivity contribution in [3.05, 3.63) is 176 Å². The van der Waals surface area contributed by atoms with Gasteiger partial charge in [-0.15, -0.1) is 0 Å². The molecule has 7 aromatic carbocycles. The summed E-state index contributed by atoms with van der Waals surface area (Å²) in [7, 11) is 0. The average molecular weight is 605 g/mol. The standard InChI is InChI=1S/C44H29N3/c1-3-10-30(11-4-1)35-15-9-16-36(26-35)32-18-20-33(21-19-32)38-28-45-44(46-29-38)47-42-25-23-37(31-12-5-2-6-13-31)27-41(42)40-24-22-34-14-7-8-17-39(34)43(40)47/h1-29H/i2D,5D,6D,12D,13D. The van der Waals surface area contributed by atoms with Gasteiger partial charge in [-0.1, -0.05) is 145 Å². The van der Waals surface area contributed by atoms with Gasteiger partial charge in [0.15, 0.2) is 0 Å². The van der Waals surface area contributed by atoms with Crippen LogP contribution in [0.15, 0.2) is 176 Å². The van der Waals surface area contributed by atoms with Crippen molar-refractivity contribution in [2.45, 2.75) is 0 Å². The predicted octanol–water partition coefficient (Wildman–Crippen LogP) is 11.4. The molecule has 0 radical (unpaired) electrons. The fourth-order valence-electron chi connectivity index (χ4n) is 6.49. The van der Waals surface area contributed by atoms with Crippen LogP contribution in [0.25, 0.3) is 83.0 Å². The first-order valence-corrected chi connectivity index (χ1v) is 15.5. The van der Waals surface area contributed by atoms with Crippen molar-refractivity contribution in [2.24, 2.45) is 0 Å². The number of hydrogen-bond acceptors (Lipinski definition) is 2. The first kappa shape index (κ1) is 22.2. The molecule has 9 rings (SSSR count). The van der Waals surface area contributed by atoms with E-state index in [0.717, 1.165) is 54.8 Å². The highest BCUT2D eigenvalue weighted by atomic mass is 15.1. The number of nitrogens with zero attached hydrogens (tertiary/aromatic N) is 3. The molecule has 0 spiro atoms. The molecule has 0 N–H and O–H groups in total. The van der Waals surface area contributed by atoms with E-state index >= 15 is 0 Å². The molecule has 0 unspecified atom stereocenters. The van der Waals surface area contributed by atoms with Gasteiger partial charge in [-0.3, -0.25) is 4.57 Å². The number of benzene rings is 7. The average Bonchev–Trinajstić information content (AvgIpc) is 3.54. The first-order chi connectivity index (χ1) is 25.4. The van der Waals surface area contributed by atoms with Gasteiger partial charge >= 0.3 is 0 Å². The molecule has 0 atom stereocenters. The van der Waals surface area contributed by atoms with Gasteiger partial charge in [-0.2, -0.15) is 0 Å². The lowest BCUT2D eigenvalue weighted by molar-refractivity contribution is 0.992. The monoisotopic (exact) mass is 604 g/mol. The van der Waals surface area contributed by atoms with Crippen LogP contribution in [-0.2, 0) is 0 Å². The highest BCUT2D eigenvalue weighted by Gasteiger charge is 2.17. The van der Waals surface area contributed by atoms with Crippen LogP contribution in [0.5, 0.6) is 0 Å². The Balaban J connectivity index is 1.13. The first-order valence-electron chi connectivity index (χ1n) is 18.0. The molecule has 220 valence electrons. The Morgan fingerprint density at radius 3 is 1.81 bits per heavy atom. The summed E-state index contributed by atoms with van der Waals surface area (Å²) in [5.74, 6) is 0.505. The zero-order chi connectivity index (χ0) is 35.5. The predicted molar refractivity (Wildman–Crippen MR) is 196 cm³/mol. The van der Waals surface area contributed by atoms with Crippen molar-refractivity contribution < 1.29 is 6.85 Å². The summed E-state index contributed by atoms with van der Waals surface area (Å²) < 4.78 is 43.7. The molecule has 3 heteroatoms. The lowest BCUT2D eigenvalue weighted by Gasteiger charge is -2.10. The third-order valence-corrected chi connectivity index (χ3v) is 8.80. The Morgan fingerprint density at radius 1 is 0.426 bits per heavy atom. The number of rotatable bonds is 5. The lowest BCUT2D eigenvalue weighted by Crippen LogP contribution is -2.01. The molecule has 0 saturated carbocycles.